The van der Waals surface area contributed by atoms with E-state index in [0.717, 1.165) is 27.8 Å². The molecule has 0 bridgehead atoms. The van der Waals surface area contributed by atoms with Crippen molar-refractivity contribution >= 4 is 28.4 Å². The molecule has 0 atom stereocenters. The standard InChI is InChI=1S/C21H22ClFN2O2/c1-12-4-6-17(23)21-20(12)16(14(3)25-21)8-9-24-19(26)11-27-18-7-5-15(22)10-13(18)2/h4-7,10,25H,8-9,11H2,1-3H3,(H,24,26). The van der Waals surface area contributed by atoms with Gasteiger partial charge in [0.1, 0.15) is 11.6 Å². The maximum absolute atomic E-state index is 14.0. The van der Waals surface area contributed by atoms with Gasteiger partial charge in [-0.1, -0.05) is 17.7 Å². The molecule has 4 nitrogen and oxygen atoms in total. The van der Waals surface area contributed by atoms with Crippen LogP contribution in [0, 0.1) is 26.6 Å². The van der Waals surface area contributed by atoms with E-state index >= 15 is 0 Å². The Morgan fingerprint density at radius 1 is 1.19 bits per heavy atom. The molecule has 3 aromatic rings. The minimum Gasteiger partial charge on any atom is -0.484 e. The van der Waals surface area contributed by atoms with Gasteiger partial charge >= 0.3 is 0 Å². The van der Waals surface area contributed by atoms with Crippen molar-refractivity contribution in [3.63, 3.8) is 0 Å². The summed E-state index contributed by atoms with van der Waals surface area (Å²) in [5.74, 6) is 0.165. The Hall–Kier alpha value is -2.53. The first-order valence-electron chi connectivity index (χ1n) is 8.78. The fraction of sp³-hybridized carbons (Fsp3) is 0.286. The zero-order valence-electron chi connectivity index (χ0n) is 15.6. The van der Waals surface area contributed by atoms with Crippen molar-refractivity contribution in [2.24, 2.45) is 0 Å². The van der Waals surface area contributed by atoms with Crippen LogP contribution in [-0.2, 0) is 11.2 Å². The first-order valence-corrected chi connectivity index (χ1v) is 9.16. The van der Waals surface area contributed by atoms with Gasteiger partial charge in [0.25, 0.3) is 5.91 Å². The van der Waals surface area contributed by atoms with Crippen LogP contribution in [0.15, 0.2) is 30.3 Å². The number of rotatable bonds is 6. The van der Waals surface area contributed by atoms with Crippen LogP contribution in [0.5, 0.6) is 5.75 Å². The second-order valence-electron chi connectivity index (χ2n) is 6.64. The lowest BCUT2D eigenvalue weighted by atomic mass is 10.0. The van der Waals surface area contributed by atoms with Gasteiger partial charge in [0.2, 0.25) is 0 Å². The highest BCUT2D eigenvalue weighted by molar-refractivity contribution is 6.30. The highest BCUT2D eigenvalue weighted by atomic mass is 35.5. The van der Waals surface area contributed by atoms with Crippen molar-refractivity contribution in [3.8, 4) is 5.75 Å². The number of aryl methyl sites for hydroxylation is 3. The highest BCUT2D eigenvalue weighted by Crippen LogP contribution is 2.27. The number of carbonyl (C=O) groups is 1. The molecular formula is C21H22ClFN2O2. The minimum absolute atomic E-state index is 0.0665. The first-order chi connectivity index (χ1) is 12.9. The lowest BCUT2D eigenvalue weighted by Gasteiger charge is -2.10. The van der Waals surface area contributed by atoms with Crippen LogP contribution in [0.3, 0.4) is 0 Å². The predicted molar refractivity (Wildman–Crippen MR) is 106 cm³/mol. The Kier molecular flexibility index (Phi) is 5.71. The first kappa shape index (κ1) is 19.2. The summed E-state index contributed by atoms with van der Waals surface area (Å²) < 4.78 is 19.5. The molecule has 0 spiro atoms. The molecule has 0 aliphatic heterocycles. The highest BCUT2D eigenvalue weighted by Gasteiger charge is 2.14. The predicted octanol–water partition coefficient (Wildman–Crippen LogP) is 4.62. The van der Waals surface area contributed by atoms with Crippen molar-refractivity contribution in [2.75, 3.05) is 13.2 Å². The molecule has 2 N–H and O–H groups in total. The van der Waals surface area contributed by atoms with Crippen LogP contribution < -0.4 is 10.1 Å². The number of halogens is 2. The van der Waals surface area contributed by atoms with Gasteiger partial charge in [-0.3, -0.25) is 4.79 Å². The van der Waals surface area contributed by atoms with Gasteiger partial charge in [-0.05, 0) is 68.1 Å². The molecule has 142 valence electrons. The molecule has 27 heavy (non-hydrogen) atoms. The number of H-pyrrole nitrogens is 1. The number of aromatic amines is 1. The zero-order chi connectivity index (χ0) is 19.6. The second-order valence-corrected chi connectivity index (χ2v) is 7.08. The van der Waals surface area contributed by atoms with E-state index in [9.17, 15) is 9.18 Å². The number of hydrogen-bond donors (Lipinski definition) is 2. The van der Waals surface area contributed by atoms with E-state index in [-0.39, 0.29) is 18.3 Å². The van der Waals surface area contributed by atoms with Crippen LogP contribution in [0.25, 0.3) is 10.9 Å². The average Bonchev–Trinajstić information content (AvgIpc) is 2.95. The van der Waals surface area contributed by atoms with Crippen molar-refractivity contribution in [3.05, 3.63) is 63.6 Å². The summed E-state index contributed by atoms with van der Waals surface area (Å²) in [6.45, 7) is 6.14. The molecule has 1 amide bonds. The molecule has 0 fully saturated rings. The summed E-state index contributed by atoms with van der Waals surface area (Å²) >= 11 is 5.91. The summed E-state index contributed by atoms with van der Waals surface area (Å²) in [6.07, 6.45) is 0.613. The molecule has 0 saturated carbocycles. The maximum atomic E-state index is 14.0. The number of aromatic nitrogens is 1. The molecule has 3 rings (SSSR count). The number of carbonyl (C=O) groups excluding carboxylic acids is 1. The van der Waals surface area contributed by atoms with E-state index in [1.165, 1.54) is 6.07 Å². The summed E-state index contributed by atoms with van der Waals surface area (Å²) in [5.41, 5.74) is 4.36. The molecule has 2 aromatic carbocycles. The Morgan fingerprint density at radius 2 is 1.96 bits per heavy atom. The van der Waals surface area contributed by atoms with Crippen molar-refractivity contribution in [1.82, 2.24) is 10.3 Å². The van der Waals surface area contributed by atoms with Crippen LogP contribution in [-0.4, -0.2) is 24.0 Å². The van der Waals surface area contributed by atoms with Gasteiger partial charge in [-0.25, -0.2) is 4.39 Å². The smallest absolute Gasteiger partial charge is 0.257 e. The fourth-order valence-electron chi connectivity index (χ4n) is 3.25. The van der Waals surface area contributed by atoms with Gasteiger partial charge in [0.05, 0.1) is 5.52 Å². The van der Waals surface area contributed by atoms with Gasteiger partial charge in [-0.2, -0.15) is 0 Å². The van der Waals surface area contributed by atoms with E-state index in [1.807, 2.05) is 20.8 Å². The summed E-state index contributed by atoms with van der Waals surface area (Å²) in [4.78, 5) is 15.2. The number of hydrogen-bond acceptors (Lipinski definition) is 2. The molecule has 0 radical (unpaired) electrons. The number of fused-ring (bicyclic) bond motifs is 1. The summed E-state index contributed by atoms with van der Waals surface area (Å²) in [5, 5.41) is 4.38. The van der Waals surface area contributed by atoms with Gasteiger partial charge in [0.15, 0.2) is 6.61 Å². The Morgan fingerprint density at radius 3 is 2.70 bits per heavy atom. The van der Waals surface area contributed by atoms with E-state index in [4.69, 9.17) is 16.3 Å². The number of ether oxygens (including phenoxy) is 1. The van der Waals surface area contributed by atoms with Crippen LogP contribution in [0.4, 0.5) is 4.39 Å². The normalized spacial score (nSPS) is 11.0. The third-order valence-electron chi connectivity index (χ3n) is 4.62. The SMILES string of the molecule is Cc1cc(Cl)ccc1OCC(=O)NCCc1c(C)[nH]c2c(F)ccc(C)c12. The molecule has 1 heterocycles. The maximum Gasteiger partial charge on any atom is 0.257 e. The number of amides is 1. The Labute approximate surface area is 162 Å². The number of nitrogens with one attached hydrogen (secondary N) is 2. The third kappa shape index (κ3) is 4.25. The Bertz CT molecular complexity index is 998. The van der Waals surface area contributed by atoms with Crippen molar-refractivity contribution in [1.29, 1.82) is 0 Å². The molecule has 1 aromatic heterocycles. The molecular weight excluding hydrogens is 367 g/mol. The summed E-state index contributed by atoms with van der Waals surface area (Å²) in [7, 11) is 0. The Balaban J connectivity index is 1.58. The van der Waals surface area contributed by atoms with E-state index in [1.54, 1.807) is 24.3 Å². The van der Waals surface area contributed by atoms with Crippen LogP contribution >= 0.6 is 11.6 Å². The average molecular weight is 389 g/mol. The molecule has 0 unspecified atom stereocenters. The van der Waals surface area contributed by atoms with E-state index < -0.39 is 0 Å². The van der Waals surface area contributed by atoms with E-state index in [2.05, 4.69) is 10.3 Å². The minimum atomic E-state index is -0.263. The monoisotopic (exact) mass is 388 g/mol. The fourth-order valence-corrected chi connectivity index (χ4v) is 3.48. The largest absolute Gasteiger partial charge is 0.484 e. The van der Waals surface area contributed by atoms with Gasteiger partial charge < -0.3 is 15.0 Å². The molecule has 0 aliphatic rings. The quantitative estimate of drug-likeness (QED) is 0.647. The molecule has 6 heteroatoms. The third-order valence-corrected chi connectivity index (χ3v) is 4.86. The molecule has 0 saturated heterocycles. The molecule has 0 aliphatic carbocycles. The topological polar surface area (TPSA) is 54.1 Å². The van der Waals surface area contributed by atoms with Crippen molar-refractivity contribution in [2.45, 2.75) is 27.2 Å². The van der Waals surface area contributed by atoms with Crippen LogP contribution in [0.1, 0.15) is 22.4 Å². The van der Waals surface area contributed by atoms with Crippen LogP contribution in [0.2, 0.25) is 5.02 Å². The van der Waals surface area contributed by atoms with Gasteiger partial charge in [0, 0.05) is 22.6 Å². The zero-order valence-corrected chi connectivity index (χ0v) is 16.3. The summed E-state index contributed by atoms with van der Waals surface area (Å²) in [6, 6.07) is 8.50. The number of benzene rings is 2. The lowest BCUT2D eigenvalue weighted by Crippen LogP contribution is -2.30. The lowest BCUT2D eigenvalue weighted by molar-refractivity contribution is -0.123. The van der Waals surface area contributed by atoms with Crippen molar-refractivity contribution < 1.29 is 13.9 Å². The van der Waals surface area contributed by atoms with E-state index in [0.29, 0.717) is 29.3 Å². The van der Waals surface area contributed by atoms with Gasteiger partial charge in [-0.15, -0.1) is 0 Å². The second kappa shape index (κ2) is 8.01.